The number of carbonyl (C=O) groups excluding carboxylic acids is 2. The van der Waals surface area contributed by atoms with Crippen LogP contribution in [0, 0.1) is 0 Å². The predicted octanol–water partition coefficient (Wildman–Crippen LogP) is 15.3. The van der Waals surface area contributed by atoms with Gasteiger partial charge in [-0.15, -0.1) is 0 Å². The van der Waals surface area contributed by atoms with E-state index in [9.17, 15) is 19.8 Å². The van der Waals surface area contributed by atoms with Crippen molar-refractivity contribution in [3.8, 4) is 0 Å². The lowest BCUT2D eigenvalue weighted by Gasteiger charge is -2.22. The predicted molar refractivity (Wildman–Crippen MR) is 250 cm³/mol. The second-order valence-corrected chi connectivity index (χ2v) is 17.9. The summed E-state index contributed by atoms with van der Waals surface area (Å²) in [5.41, 5.74) is 0. The van der Waals surface area contributed by atoms with E-state index in [4.69, 9.17) is 4.74 Å². The number of amides is 1. The molecular weight excluding hydrogens is 719 g/mol. The van der Waals surface area contributed by atoms with E-state index >= 15 is 0 Å². The Labute approximate surface area is 361 Å². The van der Waals surface area contributed by atoms with Crippen molar-refractivity contribution in [1.82, 2.24) is 5.32 Å². The Balaban J connectivity index is 3.39. The zero-order valence-corrected chi connectivity index (χ0v) is 39.0. The monoisotopic (exact) mass is 820 g/mol. The van der Waals surface area contributed by atoms with Crippen LogP contribution < -0.4 is 5.32 Å². The molecule has 0 spiro atoms. The molecule has 0 heterocycles. The number of rotatable bonds is 48. The molecule has 0 aromatic carbocycles. The molecule has 0 aromatic heterocycles. The van der Waals surface area contributed by atoms with Crippen molar-refractivity contribution in [3.63, 3.8) is 0 Å². The second-order valence-electron chi connectivity index (χ2n) is 17.9. The van der Waals surface area contributed by atoms with E-state index in [1.807, 2.05) is 0 Å². The molecule has 0 aliphatic rings. The minimum atomic E-state index is -0.663. The van der Waals surface area contributed by atoms with Crippen LogP contribution in [0.2, 0.25) is 0 Å². The summed E-state index contributed by atoms with van der Waals surface area (Å²) < 4.78 is 5.45. The Bertz CT molecular complexity index is 863. The highest BCUT2D eigenvalue weighted by molar-refractivity contribution is 5.76. The van der Waals surface area contributed by atoms with Crippen molar-refractivity contribution in [2.24, 2.45) is 0 Å². The molecule has 0 saturated carbocycles. The van der Waals surface area contributed by atoms with Crippen LogP contribution in [-0.4, -0.2) is 47.4 Å². The van der Waals surface area contributed by atoms with E-state index in [0.29, 0.717) is 25.9 Å². The van der Waals surface area contributed by atoms with E-state index in [2.05, 4.69) is 31.3 Å². The number of aliphatic hydroxyl groups excluding tert-OH is 2. The Morgan fingerprint density at radius 2 is 0.828 bits per heavy atom. The van der Waals surface area contributed by atoms with Crippen LogP contribution in [0.15, 0.2) is 12.2 Å². The molecule has 0 aromatic rings. The Morgan fingerprint density at radius 1 is 0.466 bits per heavy atom. The first-order valence-electron chi connectivity index (χ1n) is 25.9. The first kappa shape index (κ1) is 56.6. The second kappa shape index (κ2) is 48.3. The molecule has 0 rings (SSSR count). The van der Waals surface area contributed by atoms with Crippen LogP contribution in [0.5, 0.6) is 0 Å². The van der Waals surface area contributed by atoms with Crippen LogP contribution in [0.4, 0.5) is 0 Å². The molecule has 0 saturated heterocycles. The van der Waals surface area contributed by atoms with Gasteiger partial charge in [0.15, 0.2) is 0 Å². The van der Waals surface area contributed by atoms with Crippen molar-refractivity contribution >= 4 is 11.9 Å². The topological polar surface area (TPSA) is 95.9 Å². The smallest absolute Gasteiger partial charge is 0.305 e. The van der Waals surface area contributed by atoms with Gasteiger partial charge in [0, 0.05) is 12.8 Å². The SMILES string of the molecule is CCCC/C=C\CCCCCCCC(=O)OCCCCCCCCCCCCCCCCCCCCCC(=O)NC(CO)C(O)CCCCCCCCCCCCC. The lowest BCUT2D eigenvalue weighted by molar-refractivity contribution is -0.143. The summed E-state index contributed by atoms with van der Waals surface area (Å²) in [6.45, 7) is 4.90. The number of nitrogens with one attached hydrogen (secondary N) is 1. The normalized spacial score (nSPS) is 12.7. The first-order valence-corrected chi connectivity index (χ1v) is 25.9. The largest absolute Gasteiger partial charge is 0.466 e. The highest BCUT2D eigenvalue weighted by atomic mass is 16.5. The van der Waals surface area contributed by atoms with Gasteiger partial charge in [0.25, 0.3) is 0 Å². The highest BCUT2D eigenvalue weighted by Crippen LogP contribution is 2.17. The van der Waals surface area contributed by atoms with Crippen molar-refractivity contribution in [2.75, 3.05) is 13.2 Å². The van der Waals surface area contributed by atoms with Gasteiger partial charge >= 0.3 is 5.97 Å². The molecule has 2 atom stereocenters. The summed E-state index contributed by atoms with van der Waals surface area (Å²) >= 11 is 0. The van der Waals surface area contributed by atoms with Crippen molar-refractivity contribution in [2.45, 2.75) is 296 Å². The fraction of sp³-hybridized carbons (Fsp3) is 0.923. The first-order chi connectivity index (χ1) is 28.5. The highest BCUT2D eigenvalue weighted by Gasteiger charge is 2.20. The van der Waals surface area contributed by atoms with Gasteiger partial charge in [0.1, 0.15) is 0 Å². The molecule has 6 heteroatoms. The zero-order chi connectivity index (χ0) is 42.3. The molecule has 0 aliphatic heterocycles. The number of ether oxygens (including phenoxy) is 1. The number of esters is 1. The number of unbranched alkanes of at least 4 members (excludes halogenated alkanes) is 35. The molecule has 2 unspecified atom stereocenters. The van der Waals surface area contributed by atoms with E-state index in [1.165, 1.54) is 205 Å². The molecule has 3 N–H and O–H groups in total. The molecule has 1 amide bonds. The average molecular weight is 820 g/mol. The Morgan fingerprint density at radius 3 is 1.28 bits per heavy atom. The summed E-state index contributed by atoms with van der Waals surface area (Å²) in [6.07, 6.45) is 54.7. The summed E-state index contributed by atoms with van der Waals surface area (Å²) in [4.78, 5) is 24.4. The van der Waals surface area contributed by atoms with Gasteiger partial charge in [-0.3, -0.25) is 9.59 Å². The number of allylic oxidation sites excluding steroid dienone is 2. The minimum absolute atomic E-state index is 0.00210. The maximum Gasteiger partial charge on any atom is 0.305 e. The third-order valence-electron chi connectivity index (χ3n) is 12.1. The van der Waals surface area contributed by atoms with Crippen LogP contribution in [0.1, 0.15) is 284 Å². The van der Waals surface area contributed by atoms with Crippen LogP contribution in [0.3, 0.4) is 0 Å². The van der Waals surface area contributed by atoms with Crippen molar-refractivity contribution < 1.29 is 24.5 Å². The van der Waals surface area contributed by atoms with Gasteiger partial charge < -0.3 is 20.3 Å². The third-order valence-corrected chi connectivity index (χ3v) is 12.1. The van der Waals surface area contributed by atoms with E-state index in [-0.39, 0.29) is 18.5 Å². The van der Waals surface area contributed by atoms with Gasteiger partial charge in [-0.1, -0.05) is 238 Å². The number of aliphatic hydroxyl groups is 2. The van der Waals surface area contributed by atoms with Gasteiger partial charge in [-0.25, -0.2) is 0 Å². The quantitative estimate of drug-likeness (QED) is 0.0323. The van der Waals surface area contributed by atoms with E-state index in [0.717, 1.165) is 44.9 Å². The van der Waals surface area contributed by atoms with Gasteiger partial charge in [-0.05, 0) is 44.9 Å². The summed E-state index contributed by atoms with van der Waals surface area (Å²) in [5.74, 6) is -0.0407. The Hall–Kier alpha value is -1.40. The van der Waals surface area contributed by atoms with Gasteiger partial charge in [0.2, 0.25) is 5.91 Å². The summed E-state index contributed by atoms with van der Waals surface area (Å²) in [7, 11) is 0. The fourth-order valence-corrected chi connectivity index (χ4v) is 8.03. The number of hydrogen-bond acceptors (Lipinski definition) is 5. The molecular formula is C52H101NO5. The summed E-state index contributed by atoms with van der Waals surface area (Å²) in [5, 5.41) is 23.1. The molecule has 0 bridgehead atoms. The van der Waals surface area contributed by atoms with E-state index in [1.54, 1.807) is 0 Å². The maximum absolute atomic E-state index is 12.4. The maximum atomic E-state index is 12.4. The van der Waals surface area contributed by atoms with Crippen molar-refractivity contribution in [3.05, 3.63) is 12.2 Å². The number of hydrogen-bond donors (Lipinski definition) is 3. The zero-order valence-electron chi connectivity index (χ0n) is 39.0. The summed E-state index contributed by atoms with van der Waals surface area (Å²) in [6, 6.07) is -0.541. The van der Waals surface area contributed by atoms with Crippen LogP contribution in [-0.2, 0) is 14.3 Å². The molecule has 0 radical (unpaired) electrons. The molecule has 344 valence electrons. The van der Waals surface area contributed by atoms with Crippen LogP contribution in [0.25, 0.3) is 0 Å². The van der Waals surface area contributed by atoms with Gasteiger partial charge in [0.05, 0.1) is 25.4 Å². The van der Waals surface area contributed by atoms with E-state index < -0.39 is 12.1 Å². The standard InChI is InChI=1S/C52H101NO5/c1-3-5-7-9-11-13-24-28-32-36-40-44-50(55)49(48-54)53-51(56)45-41-37-33-29-26-22-20-18-16-15-17-19-21-23-27-31-35-39-43-47-58-52(57)46-42-38-34-30-25-14-12-10-8-6-4-2/h10,12,49-50,54-55H,3-9,11,13-48H2,1-2H3,(H,53,56)/b12-10-. The lowest BCUT2D eigenvalue weighted by Crippen LogP contribution is -2.45. The van der Waals surface area contributed by atoms with Gasteiger partial charge in [-0.2, -0.15) is 0 Å². The minimum Gasteiger partial charge on any atom is -0.466 e. The molecule has 0 fully saturated rings. The molecule has 6 nitrogen and oxygen atoms in total. The van der Waals surface area contributed by atoms with Crippen molar-refractivity contribution in [1.29, 1.82) is 0 Å². The third kappa shape index (κ3) is 44.2. The Kier molecular flexibility index (Phi) is 47.1. The molecule has 58 heavy (non-hydrogen) atoms. The number of carbonyl (C=O) groups is 2. The lowest BCUT2D eigenvalue weighted by atomic mass is 10.0. The molecule has 0 aliphatic carbocycles. The average Bonchev–Trinajstić information content (AvgIpc) is 3.22. The van der Waals surface area contributed by atoms with Crippen LogP contribution >= 0.6 is 0 Å². The fourth-order valence-electron chi connectivity index (χ4n) is 8.03.